The van der Waals surface area contributed by atoms with Gasteiger partial charge in [-0.1, -0.05) is 6.07 Å². The highest BCUT2D eigenvalue weighted by Crippen LogP contribution is 2.34. The summed E-state index contributed by atoms with van der Waals surface area (Å²) >= 11 is 0. The average molecular weight is 361 g/mol. The van der Waals surface area contributed by atoms with Crippen molar-refractivity contribution in [3.63, 3.8) is 0 Å². The van der Waals surface area contributed by atoms with Crippen molar-refractivity contribution in [1.82, 2.24) is 24.5 Å². The summed E-state index contributed by atoms with van der Waals surface area (Å²) < 4.78 is 8.03. The number of nitrogen functional groups attached to an aromatic ring is 2. The van der Waals surface area contributed by atoms with Crippen molar-refractivity contribution in [3.8, 4) is 11.4 Å². The van der Waals surface area contributed by atoms with Gasteiger partial charge in [0.05, 0.1) is 5.52 Å². The molecule has 0 aliphatic carbocycles. The number of rotatable bonds is 2. The minimum atomic E-state index is -0.156. The number of hydrogen-bond acceptors (Lipinski definition) is 7. The summed E-state index contributed by atoms with van der Waals surface area (Å²) in [5.74, 6) is 1.15. The SMILES string of the molecule is Nc1nc(N)c2nc(-c3ccc4ncccc4c3)n(C3CCCCO3)c2n1. The zero-order valence-electron chi connectivity index (χ0n) is 14.7. The van der Waals surface area contributed by atoms with E-state index in [4.69, 9.17) is 21.2 Å². The summed E-state index contributed by atoms with van der Waals surface area (Å²) in [4.78, 5) is 17.6. The van der Waals surface area contributed by atoms with Crippen LogP contribution in [0.25, 0.3) is 33.5 Å². The fourth-order valence-electron chi connectivity index (χ4n) is 3.63. The van der Waals surface area contributed by atoms with E-state index in [0.717, 1.165) is 41.6 Å². The van der Waals surface area contributed by atoms with E-state index in [-0.39, 0.29) is 18.0 Å². The Morgan fingerprint density at radius 1 is 1.07 bits per heavy atom. The molecule has 8 heteroatoms. The van der Waals surface area contributed by atoms with Crippen LogP contribution < -0.4 is 11.5 Å². The molecule has 1 atom stereocenters. The van der Waals surface area contributed by atoms with Gasteiger partial charge in [-0.05, 0) is 43.5 Å². The molecular weight excluding hydrogens is 342 g/mol. The standard InChI is InChI=1S/C19H19N7O/c20-16-15-18(25-19(21)24-16)26(14-5-1-2-9-27-14)17(23-15)12-6-7-13-11(10-12)4-3-8-22-13/h3-4,6-8,10,14H,1-2,5,9H2,(H4,20,21,24,25). The largest absolute Gasteiger partial charge is 0.382 e. The van der Waals surface area contributed by atoms with Crippen molar-refractivity contribution < 1.29 is 4.74 Å². The lowest BCUT2D eigenvalue weighted by Gasteiger charge is -2.25. The van der Waals surface area contributed by atoms with Crippen molar-refractivity contribution in [3.05, 3.63) is 36.5 Å². The third kappa shape index (κ3) is 2.65. The Balaban J connectivity index is 1.77. The van der Waals surface area contributed by atoms with Crippen molar-refractivity contribution >= 4 is 33.8 Å². The van der Waals surface area contributed by atoms with E-state index < -0.39 is 0 Å². The number of pyridine rings is 1. The van der Waals surface area contributed by atoms with Gasteiger partial charge in [0, 0.05) is 23.8 Å². The lowest BCUT2D eigenvalue weighted by Crippen LogP contribution is -2.19. The molecule has 1 aliphatic rings. The van der Waals surface area contributed by atoms with E-state index in [1.165, 1.54) is 0 Å². The number of benzene rings is 1. The molecule has 1 unspecified atom stereocenters. The summed E-state index contributed by atoms with van der Waals surface area (Å²) in [5, 5.41) is 1.04. The summed E-state index contributed by atoms with van der Waals surface area (Å²) in [7, 11) is 0. The molecule has 4 N–H and O–H groups in total. The maximum Gasteiger partial charge on any atom is 0.224 e. The minimum Gasteiger partial charge on any atom is -0.382 e. The average Bonchev–Trinajstić information content (AvgIpc) is 3.08. The van der Waals surface area contributed by atoms with Crippen LogP contribution in [0.15, 0.2) is 36.5 Å². The van der Waals surface area contributed by atoms with Crippen molar-refractivity contribution in [2.24, 2.45) is 0 Å². The van der Waals surface area contributed by atoms with Crippen LogP contribution in [0.4, 0.5) is 11.8 Å². The molecule has 1 aromatic carbocycles. The molecular formula is C19H19N7O. The fourth-order valence-corrected chi connectivity index (χ4v) is 3.63. The molecule has 8 nitrogen and oxygen atoms in total. The Hall–Kier alpha value is -3.26. The molecule has 0 radical (unpaired) electrons. The van der Waals surface area contributed by atoms with E-state index in [9.17, 15) is 0 Å². The second-order valence-electron chi connectivity index (χ2n) is 6.68. The van der Waals surface area contributed by atoms with Gasteiger partial charge in [-0.25, -0.2) is 4.98 Å². The predicted molar refractivity (Wildman–Crippen MR) is 104 cm³/mol. The zero-order chi connectivity index (χ0) is 18.4. The first-order valence-electron chi connectivity index (χ1n) is 8.98. The van der Waals surface area contributed by atoms with Gasteiger partial charge >= 0.3 is 0 Å². The molecule has 136 valence electrons. The van der Waals surface area contributed by atoms with Gasteiger partial charge in [-0.3, -0.25) is 9.55 Å². The molecule has 0 spiro atoms. The van der Waals surface area contributed by atoms with Crippen molar-refractivity contribution in [2.45, 2.75) is 25.5 Å². The topological polar surface area (TPSA) is 118 Å². The monoisotopic (exact) mass is 361 g/mol. The van der Waals surface area contributed by atoms with Crippen LogP contribution in [0.3, 0.4) is 0 Å². The van der Waals surface area contributed by atoms with Gasteiger partial charge in [-0.15, -0.1) is 0 Å². The molecule has 1 aliphatic heterocycles. The van der Waals surface area contributed by atoms with Crippen LogP contribution in [0.2, 0.25) is 0 Å². The molecule has 1 saturated heterocycles. The quantitative estimate of drug-likeness (QED) is 0.563. The lowest BCUT2D eigenvalue weighted by molar-refractivity contribution is -0.0287. The number of ether oxygens (including phenoxy) is 1. The van der Waals surface area contributed by atoms with Gasteiger partial charge in [-0.2, -0.15) is 9.97 Å². The molecule has 4 aromatic rings. The van der Waals surface area contributed by atoms with Crippen molar-refractivity contribution in [2.75, 3.05) is 18.1 Å². The normalized spacial score (nSPS) is 17.6. The molecule has 5 rings (SSSR count). The second-order valence-corrected chi connectivity index (χ2v) is 6.68. The number of nitrogens with zero attached hydrogens (tertiary/aromatic N) is 5. The van der Waals surface area contributed by atoms with Crippen LogP contribution in [0.1, 0.15) is 25.5 Å². The Labute approximate surface area is 155 Å². The van der Waals surface area contributed by atoms with Crippen molar-refractivity contribution in [1.29, 1.82) is 0 Å². The van der Waals surface area contributed by atoms with Crippen LogP contribution in [0, 0.1) is 0 Å². The number of aromatic nitrogens is 5. The van der Waals surface area contributed by atoms with Gasteiger partial charge in [0.15, 0.2) is 17.0 Å². The molecule has 0 amide bonds. The van der Waals surface area contributed by atoms with E-state index in [1.807, 2.05) is 28.8 Å². The highest BCUT2D eigenvalue weighted by Gasteiger charge is 2.25. The van der Waals surface area contributed by atoms with Gasteiger partial charge in [0.25, 0.3) is 0 Å². The molecule has 4 heterocycles. The summed E-state index contributed by atoms with van der Waals surface area (Å²) in [6.45, 7) is 0.710. The first kappa shape index (κ1) is 16.0. The molecule has 1 fully saturated rings. The van der Waals surface area contributed by atoms with Gasteiger partial charge in [0.2, 0.25) is 5.95 Å². The predicted octanol–water partition coefficient (Wildman–Crippen LogP) is 2.91. The van der Waals surface area contributed by atoms with E-state index in [2.05, 4.69) is 21.0 Å². The van der Waals surface area contributed by atoms with Gasteiger partial charge < -0.3 is 16.2 Å². The van der Waals surface area contributed by atoms with Crippen LogP contribution in [0.5, 0.6) is 0 Å². The Morgan fingerprint density at radius 2 is 2.00 bits per heavy atom. The smallest absolute Gasteiger partial charge is 0.224 e. The fraction of sp³-hybridized carbons (Fsp3) is 0.263. The number of fused-ring (bicyclic) bond motifs is 2. The van der Waals surface area contributed by atoms with E-state index in [1.54, 1.807) is 6.20 Å². The van der Waals surface area contributed by atoms with Crippen LogP contribution in [-0.2, 0) is 4.74 Å². The molecule has 0 saturated carbocycles. The maximum absolute atomic E-state index is 6.08. The van der Waals surface area contributed by atoms with E-state index in [0.29, 0.717) is 17.8 Å². The van der Waals surface area contributed by atoms with Gasteiger partial charge in [0.1, 0.15) is 12.1 Å². The maximum atomic E-state index is 6.08. The second kappa shape index (κ2) is 6.17. The lowest BCUT2D eigenvalue weighted by atomic mass is 10.1. The summed E-state index contributed by atoms with van der Waals surface area (Å²) in [5.41, 5.74) is 15.0. The number of hydrogen-bond donors (Lipinski definition) is 2. The minimum absolute atomic E-state index is 0.131. The highest BCUT2D eigenvalue weighted by molar-refractivity contribution is 5.89. The molecule has 3 aromatic heterocycles. The Morgan fingerprint density at radius 3 is 2.85 bits per heavy atom. The number of imidazole rings is 1. The first-order chi connectivity index (χ1) is 13.2. The zero-order valence-corrected chi connectivity index (χ0v) is 14.7. The highest BCUT2D eigenvalue weighted by atomic mass is 16.5. The first-order valence-corrected chi connectivity index (χ1v) is 8.98. The Bertz CT molecular complexity index is 1150. The number of nitrogens with two attached hydrogens (primary N) is 2. The molecule has 27 heavy (non-hydrogen) atoms. The Kier molecular flexibility index (Phi) is 3.64. The third-order valence-electron chi connectivity index (χ3n) is 4.89. The van der Waals surface area contributed by atoms with Crippen LogP contribution >= 0.6 is 0 Å². The third-order valence-corrected chi connectivity index (χ3v) is 4.89. The summed E-state index contributed by atoms with van der Waals surface area (Å²) in [6, 6.07) is 10.0. The van der Waals surface area contributed by atoms with E-state index >= 15 is 0 Å². The van der Waals surface area contributed by atoms with Crippen LogP contribution in [-0.4, -0.2) is 31.1 Å². The summed E-state index contributed by atoms with van der Waals surface area (Å²) in [6.07, 6.45) is 4.65. The number of anilines is 2. The molecule has 0 bridgehead atoms.